The first-order chi connectivity index (χ1) is 5.24. The number of hydrogen-bond donors (Lipinski definition) is 1. The van der Waals surface area contributed by atoms with E-state index < -0.39 is 6.10 Å². The van der Waals surface area contributed by atoms with Gasteiger partial charge in [-0.25, -0.2) is 0 Å². The summed E-state index contributed by atoms with van der Waals surface area (Å²) in [5.41, 5.74) is 0. The summed E-state index contributed by atoms with van der Waals surface area (Å²) in [4.78, 5) is 11.1. The molecule has 1 rings (SSSR count). The molecule has 1 aliphatic carbocycles. The van der Waals surface area contributed by atoms with Gasteiger partial charge >= 0.3 is 0 Å². The van der Waals surface area contributed by atoms with Crippen LogP contribution >= 0.6 is 0 Å². The van der Waals surface area contributed by atoms with E-state index in [1.54, 1.807) is 0 Å². The molecule has 64 valence electrons. The molecule has 0 radical (unpaired) electrons. The van der Waals surface area contributed by atoms with Gasteiger partial charge in [0, 0.05) is 6.42 Å². The van der Waals surface area contributed by atoms with Crippen LogP contribution in [0, 0.1) is 5.92 Å². The van der Waals surface area contributed by atoms with Gasteiger partial charge in [0.15, 0.2) is 5.78 Å². The fourth-order valence-corrected chi connectivity index (χ4v) is 1.18. The Kier molecular flexibility index (Phi) is 3.06. The van der Waals surface area contributed by atoms with E-state index in [9.17, 15) is 9.90 Å². The van der Waals surface area contributed by atoms with Gasteiger partial charge < -0.3 is 5.11 Å². The van der Waals surface area contributed by atoms with Crippen LogP contribution < -0.4 is 0 Å². The monoisotopic (exact) mass is 156 g/mol. The molecule has 11 heavy (non-hydrogen) atoms. The van der Waals surface area contributed by atoms with Crippen LogP contribution in [-0.4, -0.2) is 17.0 Å². The SMILES string of the molecule is CCCC(O)C(=O)CC1CC1. The Morgan fingerprint density at radius 3 is 2.73 bits per heavy atom. The van der Waals surface area contributed by atoms with Crippen molar-refractivity contribution in [3.8, 4) is 0 Å². The van der Waals surface area contributed by atoms with Crippen LogP contribution in [0.15, 0.2) is 0 Å². The molecule has 0 bridgehead atoms. The zero-order valence-electron chi connectivity index (χ0n) is 7.05. The highest BCUT2D eigenvalue weighted by atomic mass is 16.3. The highest BCUT2D eigenvalue weighted by molar-refractivity contribution is 5.83. The fraction of sp³-hybridized carbons (Fsp3) is 0.889. The first kappa shape index (κ1) is 8.72. The first-order valence-electron chi connectivity index (χ1n) is 4.44. The summed E-state index contributed by atoms with van der Waals surface area (Å²) in [6.07, 6.45) is 3.82. The molecule has 1 aliphatic rings. The second-order valence-electron chi connectivity index (χ2n) is 3.42. The molecule has 0 saturated heterocycles. The summed E-state index contributed by atoms with van der Waals surface area (Å²) in [5.74, 6) is 0.656. The second kappa shape index (κ2) is 3.86. The molecule has 0 aliphatic heterocycles. The number of carbonyl (C=O) groups excluding carboxylic acids is 1. The molecule has 1 fully saturated rings. The van der Waals surface area contributed by atoms with Crippen LogP contribution in [0.4, 0.5) is 0 Å². The number of aliphatic hydroxyl groups is 1. The minimum atomic E-state index is -0.680. The third-order valence-electron chi connectivity index (χ3n) is 2.12. The molecule has 0 heterocycles. The normalized spacial score (nSPS) is 19.8. The van der Waals surface area contributed by atoms with Crippen LogP contribution in [0.5, 0.6) is 0 Å². The van der Waals surface area contributed by atoms with Crippen molar-refractivity contribution in [1.82, 2.24) is 0 Å². The highest BCUT2D eigenvalue weighted by Gasteiger charge is 2.26. The summed E-state index contributed by atoms with van der Waals surface area (Å²) < 4.78 is 0. The summed E-state index contributed by atoms with van der Waals surface area (Å²) in [6.45, 7) is 1.98. The summed E-state index contributed by atoms with van der Waals surface area (Å²) in [6, 6.07) is 0. The van der Waals surface area contributed by atoms with Crippen LogP contribution in [0.3, 0.4) is 0 Å². The van der Waals surface area contributed by atoms with Gasteiger partial charge in [0.1, 0.15) is 6.10 Å². The third kappa shape index (κ3) is 3.02. The maximum Gasteiger partial charge on any atom is 0.161 e. The summed E-state index contributed by atoms with van der Waals surface area (Å²) >= 11 is 0. The summed E-state index contributed by atoms with van der Waals surface area (Å²) in [5, 5.41) is 9.24. The fourth-order valence-electron chi connectivity index (χ4n) is 1.18. The van der Waals surface area contributed by atoms with E-state index in [0.29, 0.717) is 18.8 Å². The molecule has 1 unspecified atom stereocenters. The van der Waals surface area contributed by atoms with E-state index in [-0.39, 0.29) is 5.78 Å². The Hall–Kier alpha value is -0.370. The predicted octanol–water partition coefficient (Wildman–Crippen LogP) is 1.52. The molecular formula is C9H16O2. The number of ketones is 1. The molecular weight excluding hydrogens is 140 g/mol. The quantitative estimate of drug-likeness (QED) is 0.655. The van der Waals surface area contributed by atoms with Crippen molar-refractivity contribution in [2.45, 2.75) is 45.1 Å². The standard InChI is InChI=1S/C9H16O2/c1-2-3-8(10)9(11)6-7-4-5-7/h7-8,10H,2-6H2,1H3. The Labute approximate surface area is 67.6 Å². The van der Waals surface area contributed by atoms with Crippen molar-refractivity contribution >= 4 is 5.78 Å². The molecule has 1 saturated carbocycles. The molecule has 0 aromatic rings. The summed E-state index contributed by atoms with van der Waals surface area (Å²) in [7, 11) is 0. The maximum atomic E-state index is 11.1. The lowest BCUT2D eigenvalue weighted by Gasteiger charge is -2.06. The molecule has 2 heteroatoms. The number of carbonyl (C=O) groups is 1. The van der Waals surface area contributed by atoms with Gasteiger partial charge in [0.2, 0.25) is 0 Å². The minimum absolute atomic E-state index is 0.0503. The molecule has 0 aromatic heterocycles. The molecule has 0 amide bonds. The highest BCUT2D eigenvalue weighted by Crippen LogP contribution is 2.32. The van der Waals surface area contributed by atoms with Gasteiger partial charge in [-0.05, 0) is 25.2 Å². The Morgan fingerprint density at radius 2 is 2.27 bits per heavy atom. The largest absolute Gasteiger partial charge is 0.385 e. The van der Waals surface area contributed by atoms with Crippen molar-refractivity contribution in [3.05, 3.63) is 0 Å². The van der Waals surface area contributed by atoms with Crippen molar-refractivity contribution in [3.63, 3.8) is 0 Å². The topological polar surface area (TPSA) is 37.3 Å². The average molecular weight is 156 g/mol. The van der Waals surface area contributed by atoms with Crippen LogP contribution in [0.1, 0.15) is 39.0 Å². The van der Waals surface area contributed by atoms with Gasteiger partial charge in [-0.15, -0.1) is 0 Å². The molecule has 1 atom stereocenters. The van der Waals surface area contributed by atoms with Gasteiger partial charge in [-0.1, -0.05) is 13.3 Å². The van der Waals surface area contributed by atoms with E-state index in [0.717, 1.165) is 6.42 Å². The zero-order valence-corrected chi connectivity index (χ0v) is 7.05. The van der Waals surface area contributed by atoms with Crippen LogP contribution in [0.2, 0.25) is 0 Å². The van der Waals surface area contributed by atoms with Crippen molar-refractivity contribution < 1.29 is 9.90 Å². The van der Waals surface area contributed by atoms with E-state index >= 15 is 0 Å². The van der Waals surface area contributed by atoms with Crippen LogP contribution in [-0.2, 0) is 4.79 Å². The first-order valence-corrected chi connectivity index (χ1v) is 4.44. The predicted molar refractivity (Wildman–Crippen MR) is 43.3 cm³/mol. The minimum Gasteiger partial charge on any atom is -0.385 e. The van der Waals surface area contributed by atoms with E-state index in [2.05, 4.69) is 0 Å². The lowest BCUT2D eigenvalue weighted by Crippen LogP contribution is -2.20. The lowest BCUT2D eigenvalue weighted by molar-refractivity contribution is -0.127. The van der Waals surface area contributed by atoms with Crippen molar-refractivity contribution in [2.75, 3.05) is 0 Å². The van der Waals surface area contributed by atoms with Gasteiger partial charge in [-0.2, -0.15) is 0 Å². The Bertz CT molecular complexity index is 138. The van der Waals surface area contributed by atoms with E-state index in [4.69, 9.17) is 0 Å². The molecule has 0 spiro atoms. The number of aliphatic hydroxyl groups excluding tert-OH is 1. The van der Waals surface area contributed by atoms with Gasteiger partial charge in [0.25, 0.3) is 0 Å². The van der Waals surface area contributed by atoms with Crippen molar-refractivity contribution in [2.24, 2.45) is 5.92 Å². The molecule has 2 nitrogen and oxygen atoms in total. The number of rotatable bonds is 5. The molecule has 0 aromatic carbocycles. The lowest BCUT2D eigenvalue weighted by atomic mass is 10.1. The Balaban J connectivity index is 2.15. The van der Waals surface area contributed by atoms with Gasteiger partial charge in [-0.3, -0.25) is 4.79 Å². The van der Waals surface area contributed by atoms with E-state index in [1.165, 1.54) is 12.8 Å². The Morgan fingerprint density at radius 1 is 1.64 bits per heavy atom. The zero-order chi connectivity index (χ0) is 8.27. The van der Waals surface area contributed by atoms with E-state index in [1.807, 2.05) is 6.92 Å². The van der Waals surface area contributed by atoms with Gasteiger partial charge in [0.05, 0.1) is 0 Å². The third-order valence-corrected chi connectivity index (χ3v) is 2.12. The number of hydrogen-bond acceptors (Lipinski definition) is 2. The van der Waals surface area contributed by atoms with Crippen LogP contribution in [0.25, 0.3) is 0 Å². The average Bonchev–Trinajstić information content (AvgIpc) is 2.72. The smallest absolute Gasteiger partial charge is 0.161 e. The molecule has 1 N–H and O–H groups in total. The maximum absolute atomic E-state index is 11.1. The van der Waals surface area contributed by atoms with Crippen molar-refractivity contribution in [1.29, 1.82) is 0 Å². The second-order valence-corrected chi connectivity index (χ2v) is 3.42. The number of Topliss-reactive ketones (excluding diaryl/α,β-unsaturated/α-hetero) is 1.